The Morgan fingerprint density at radius 2 is 0.250 bits per heavy atom. The molecule has 1 atom stereocenters. The van der Waals surface area contributed by atoms with Crippen LogP contribution in [0, 0.1) is 5.92 Å². The number of rotatable bonds is 52. The van der Waals surface area contributed by atoms with Gasteiger partial charge in [0.2, 0.25) is 0 Å². The average Bonchev–Trinajstić information content (AvgIpc) is 3.21. The van der Waals surface area contributed by atoms with Gasteiger partial charge in [0.05, 0.1) is 0 Å². The normalized spacial score (nSPS) is 12.3. The fourth-order valence-corrected chi connectivity index (χ4v) is 9.55. The fourth-order valence-electron chi connectivity index (χ4n) is 9.55. The third-order valence-corrected chi connectivity index (χ3v) is 13.6. The molecule has 0 radical (unpaired) electrons. The molecule has 0 bridgehead atoms. The first kappa shape index (κ1) is 56.0. The lowest BCUT2D eigenvalue weighted by Crippen LogP contribution is -2.01. The molecule has 0 saturated heterocycles. The Morgan fingerprint density at radius 1 is 0.143 bits per heavy atom. The molecule has 0 aliphatic carbocycles. The molecule has 0 rings (SSSR count). The third-order valence-electron chi connectivity index (χ3n) is 13.6. The molecule has 0 aliphatic rings. The fraction of sp³-hybridized carbons (Fsp3) is 1.00. The van der Waals surface area contributed by atoms with Crippen LogP contribution in [0.5, 0.6) is 0 Å². The van der Waals surface area contributed by atoms with Crippen LogP contribution in [0.3, 0.4) is 0 Å². The first-order valence-electron chi connectivity index (χ1n) is 27.8. The van der Waals surface area contributed by atoms with Gasteiger partial charge in [-0.15, -0.1) is 0 Å². The van der Waals surface area contributed by atoms with Crippen LogP contribution in [-0.2, 0) is 0 Å². The maximum atomic E-state index is 2.32. The Bertz CT molecular complexity index is 636. The first-order valence-corrected chi connectivity index (χ1v) is 27.8. The van der Waals surface area contributed by atoms with E-state index in [0.717, 1.165) is 5.92 Å². The number of unbranched alkanes of at least 4 members (excludes halogenated alkanes) is 46. The quantitative estimate of drug-likeness (QED) is 0.0539. The van der Waals surface area contributed by atoms with Gasteiger partial charge in [0, 0.05) is 0 Å². The van der Waals surface area contributed by atoms with E-state index >= 15 is 0 Å². The Kier molecular flexibility index (Phi) is 53.0. The molecule has 0 spiro atoms. The highest BCUT2D eigenvalue weighted by Gasteiger charge is 2.09. The van der Waals surface area contributed by atoms with E-state index in [1.807, 2.05) is 0 Å². The van der Waals surface area contributed by atoms with Gasteiger partial charge >= 0.3 is 0 Å². The summed E-state index contributed by atoms with van der Waals surface area (Å²) < 4.78 is 0. The van der Waals surface area contributed by atoms with Crippen LogP contribution in [0.25, 0.3) is 0 Å². The minimum absolute atomic E-state index is 1.03. The van der Waals surface area contributed by atoms with Crippen molar-refractivity contribution in [3.8, 4) is 0 Å². The van der Waals surface area contributed by atoms with Crippen molar-refractivity contribution in [2.45, 2.75) is 355 Å². The second-order valence-corrected chi connectivity index (χ2v) is 19.5. The van der Waals surface area contributed by atoms with E-state index in [-0.39, 0.29) is 0 Å². The van der Waals surface area contributed by atoms with Gasteiger partial charge in [-0.1, -0.05) is 355 Å². The van der Waals surface area contributed by atoms with Crippen molar-refractivity contribution in [2.75, 3.05) is 0 Å². The lowest BCUT2D eigenvalue weighted by Gasteiger charge is -2.17. The van der Waals surface area contributed by atoms with E-state index in [0.29, 0.717) is 0 Å². The van der Waals surface area contributed by atoms with Gasteiger partial charge < -0.3 is 0 Å². The van der Waals surface area contributed by atoms with Crippen LogP contribution in [0.2, 0.25) is 0 Å². The molecule has 0 aromatic heterocycles. The highest BCUT2D eigenvalue weighted by molar-refractivity contribution is 4.63. The summed E-state index contributed by atoms with van der Waals surface area (Å²) in [6.07, 6.45) is 77.3. The molecule has 338 valence electrons. The van der Waals surface area contributed by atoms with Crippen LogP contribution in [0.1, 0.15) is 355 Å². The van der Waals surface area contributed by atoms with Gasteiger partial charge in [-0.25, -0.2) is 0 Å². The van der Waals surface area contributed by atoms with Gasteiger partial charge in [-0.3, -0.25) is 0 Å². The summed E-state index contributed by atoms with van der Waals surface area (Å²) in [5.74, 6) is 1.03. The summed E-state index contributed by atoms with van der Waals surface area (Å²) >= 11 is 0. The molecular formula is C56H114. The number of hydrogen-bond acceptors (Lipinski definition) is 0. The standard InChI is InChI=1S/C56H114/c1-4-7-10-13-16-19-22-25-28-30-31-34-37-40-43-46-49-52-55-56(53-50-47-44-41-38-35-32-27-24-21-18-15-12-9-6-3)54-51-48-45-42-39-36-33-29-26-23-20-17-14-11-8-5-2/h56H,4-55H2,1-3H3. The predicted molar refractivity (Wildman–Crippen MR) is 261 cm³/mol. The molecular weight excluding hydrogens is 673 g/mol. The molecule has 56 heavy (non-hydrogen) atoms. The molecule has 0 heteroatoms. The van der Waals surface area contributed by atoms with Crippen molar-refractivity contribution in [3.05, 3.63) is 0 Å². The summed E-state index contributed by atoms with van der Waals surface area (Å²) in [5.41, 5.74) is 0. The molecule has 0 aromatic carbocycles. The van der Waals surface area contributed by atoms with Crippen LogP contribution in [-0.4, -0.2) is 0 Å². The summed E-state index contributed by atoms with van der Waals surface area (Å²) in [6.45, 7) is 6.96. The zero-order valence-corrected chi connectivity index (χ0v) is 40.3. The lowest BCUT2D eigenvalue weighted by atomic mass is 9.89. The summed E-state index contributed by atoms with van der Waals surface area (Å²) in [4.78, 5) is 0. The van der Waals surface area contributed by atoms with E-state index in [1.165, 1.54) is 334 Å². The smallest absolute Gasteiger partial charge is 0.0414 e. The van der Waals surface area contributed by atoms with Gasteiger partial charge in [-0.05, 0) is 5.92 Å². The van der Waals surface area contributed by atoms with Crippen molar-refractivity contribution >= 4 is 0 Å². The summed E-state index contributed by atoms with van der Waals surface area (Å²) in [6, 6.07) is 0. The molecule has 1 unspecified atom stereocenters. The highest BCUT2D eigenvalue weighted by atomic mass is 14.2. The van der Waals surface area contributed by atoms with Gasteiger partial charge in [0.25, 0.3) is 0 Å². The van der Waals surface area contributed by atoms with Crippen molar-refractivity contribution in [3.63, 3.8) is 0 Å². The first-order chi connectivity index (χ1) is 27.8. The number of hydrogen-bond donors (Lipinski definition) is 0. The Balaban J connectivity index is 3.94. The minimum atomic E-state index is 1.03. The lowest BCUT2D eigenvalue weighted by molar-refractivity contribution is 0.365. The highest BCUT2D eigenvalue weighted by Crippen LogP contribution is 2.25. The molecule has 0 amide bonds. The molecule has 0 saturated carbocycles. The zero-order chi connectivity index (χ0) is 40.3. The maximum absolute atomic E-state index is 2.32. The van der Waals surface area contributed by atoms with Gasteiger partial charge in [0.1, 0.15) is 0 Å². The second-order valence-electron chi connectivity index (χ2n) is 19.5. The molecule has 0 aromatic rings. The minimum Gasteiger partial charge on any atom is -0.0654 e. The average molecular weight is 788 g/mol. The van der Waals surface area contributed by atoms with E-state index in [4.69, 9.17) is 0 Å². The Hall–Kier alpha value is 0. The molecule has 0 N–H and O–H groups in total. The van der Waals surface area contributed by atoms with E-state index in [1.54, 1.807) is 0 Å². The molecule has 0 nitrogen and oxygen atoms in total. The molecule has 0 heterocycles. The van der Waals surface area contributed by atoms with Crippen molar-refractivity contribution < 1.29 is 0 Å². The van der Waals surface area contributed by atoms with Crippen LogP contribution in [0.4, 0.5) is 0 Å². The van der Waals surface area contributed by atoms with Crippen LogP contribution >= 0.6 is 0 Å². The van der Waals surface area contributed by atoms with E-state index in [9.17, 15) is 0 Å². The predicted octanol–water partition coefficient (Wildman–Crippen LogP) is 21.9. The third kappa shape index (κ3) is 50.1. The van der Waals surface area contributed by atoms with Gasteiger partial charge in [0.15, 0.2) is 0 Å². The maximum Gasteiger partial charge on any atom is -0.0414 e. The summed E-state index contributed by atoms with van der Waals surface area (Å²) in [7, 11) is 0. The monoisotopic (exact) mass is 787 g/mol. The topological polar surface area (TPSA) is 0 Å². The van der Waals surface area contributed by atoms with Crippen molar-refractivity contribution in [2.24, 2.45) is 5.92 Å². The van der Waals surface area contributed by atoms with Crippen LogP contribution in [0.15, 0.2) is 0 Å². The molecule has 0 aliphatic heterocycles. The zero-order valence-electron chi connectivity index (χ0n) is 40.3. The Morgan fingerprint density at radius 3 is 0.375 bits per heavy atom. The van der Waals surface area contributed by atoms with Crippen molar-refractivity contribution in [1.82, 2.24) is 0 Å². The largest absolute Gasteiger partial charge is 0.0654 e. The molecule has 0 fully saturated rings. The second kappa shape index (κ2) is 53.0. The van der Waals surface area contributed by atoms with Crippen LogP contribution < -0.4 is 0 Å². The Labute approximate surface area is 359 Å². The van der Waals surface area contributed by atoms with Crippen molar-refractivity contribution in [1.29, 1.82) is 0 Å². The SMILES string of the molecule is CCCCCCCCCCCCCCCCCCCCC(CCCCCCCCCCCCCCCCC)CCCCCCCCCCCCCCCCCC. The summed E-state index contributed by atoms with van der Waals surface area (Å²) in [5, 5.41) is 0. The van der Waals surface area contributed by atoms with E-state index in [2.05, 4.69) is 20.8 Å². The van der Waals surface area contributed by atoms with Gasteiger partial charge in [-0.2, -0.15) is 0 Å². The van der Waals surface area contributed by atoms with E-state index < -0.39 is 0 Å².